The molecule has 1 aromatic carbocycles. The summed E-state index contributed by atoms with van der Waals surface area (Å²) in [6, 6.07) is 13.0. The molecule has 0 saturated heterocycles. The minimum atomic E-state index is -0.975. The maximum absolute atomic E-state index is 11.5. The van der Waals surface area contributed by atoms with Crippen LogP contribution in [0.4, 0.5) is 10.5 Å². The van der Waals surface area contributed by atoms with Gasteiger partial charge in [-0.15, -0.1) is 11.3 Å². The minimum absolute atomic E-state index is 0.240. The lowest BCUT2D eigenvalue weighted by molar-refractivity contribution is 0.0693. The predicted octanol–water partition coefficient (Wildman–Crippen LogP) is 4.01. The molecule has 0 aliphatic carbocycles. The van der Waals surface area contributed by atoms with E-state index in [1.807, 2.05) is 42.6 Å². The van der Waals surface area contributed by atoms with Crippen LogP contribution in [-0.4, -0.2) is 24.4 Å². The summed E-state index contributed by atoms with van der Waals surface area (Å²) in [5.74, 6) is 0. The van der Waals surface area contributed by atoms with Gasteiger partial charge in [-0.25, -0.2) is 4.79 Å². The number of rotatable bonds is 6. The molecule has 0 spiro atoms. The summed E-state index contributed by atoms with van der Waals surface area (Å²) in [5.41, 5.74) is 0.654. The van der Waals surface area contributed by atoms with Gasteiger partial charge >= 0.3 is 6.09 Å². The molecule has 1 aromatic heterocycles. The van der Waals surface area contributed by atoms with Gasteiger partial charge in [-0.1, -0.05) is 24.3 Å². The smallest absolute Gasteiger partial charge is 0.411 e. The fourth-order valence-corrected chi connectivity index (χ4v) is 2.73. The highest BCUT2D eigenvalue weighted by Crippen LogP contribution is 2.26. The van der Waals surface area contributed by atoms with Crippen molar-refractivity contribution in [1.29, 1.82) is 0 Å². The van der Waals surface area contributed by atoms with Gasteiger partial charge in [-0.2, -0.15) is 0 Å². The van der Waals surface area contributed by atoms with Crippen molar-refractivity contribution in [2.24, 2.45) is 0 Å². The number of benzene rings is 1. The molecule has 5 heteroatoms. The van der Waals surface area contributed by atoms with E-state index in [4.69, 9.17) is 4.74 Å². The molecule has 0 saturated carbocycles. The standard InChI is InChI=1S/C15H17NO3S/c1-2-19-13(14-9-6-10-20-14)11-16(15(17)18)12-7-4-3-5-8-12/h3-10,13H,2,11H2,1H3,(H,17,18). The number of anilines is 1. The summed E-state index contributed by atoms with van der Waals surface area (Å²) in [5, 5.41) is 11.4. The van der Waals surface area contributed by atoms with Crippen LogP contribution in [0.3, 0.4) is 0 Å². The Morgan fingerprint density at radius 1 is 1.30 bits per heavy atom. The molecule has 2 rings (SSSR count). The van der Waals surface area contributed by atoms with Crippen molar-refractivity contribution in [3.05, 3.63) is 52.7 Å². The van der Waals surface area contributed by atoms with Crippen molar-refractivity contribution in [2.45, 2.75) is 13.0 Å². The highest BCUT2D eigenvalue weighted by atomic mass is 32.1. The van der Waals surface area contributed by atoms with Gasteiger partial charge in [0.05, 0.1) is 6.54 Å². The Kier molecular flexibility index (Phi) is 5.15. The molecule has 0 aliphatic heterocycles. The number of nitrogens with zero attached hydrogens (tertiary/aromatic N) is 1. The van der Waals surface area contributed by atoms with E-state index < -0.39 is 6.09 Å². The zero-order valence-electron chi connectivity index (χ0n) is 11.2. The molecule has 1 atom stereocenters. The summed E-state index contributed by atoms with van der Waals surface area (Å²) in [6.07, 6.45) is -1.21. The molecule has 1 heterocycles. The Labute approximate surface area is 122 Å². The molecule has 0 aliphatic rings. The van der Waals surface area contributed by atoms with Gasteiger partial charge in [0.15, 0.2) is 0 Å². The number of hydrogen-bond donors (Lipinski definition) is 1. The van der Waals surface area contributed by atoms with Gasteiger partial charge < -0.3 is 9.84 Å². The number of amides is 1. The Bertz CT molecular complexity index is 527. The van der Waals surface area contributed by atoms with Crippen LogP contribution in [0, 0.1) is 0 Å². The second-order valence-electron chi connectivity index (χ2n) is 4.19. The first-order chi connectivity index (χ1) is 9.72. The molecular formula is C15H17NO3S. The number of para-hydroxylation sites is 1. The first-order valence-electron chi connectivity index (χ1n) is 6.43. The summed E-state index contributed by atoms with van der Waals surface area (Å²) in [6.45, 7) is 2.74. The molecule has 1 amide bonds. The molecule has 0 fully saturated rings. The predicted molar refractivity (Wildman–Crippen MR) is 80.5 cm³/mol. The summed E-state index contributed by atoms with van der Waals surface area (Å²) in [7, 11) is 0. The summed E-state index contributed by atoms with van der Waals surface area (Å²) < 4.78 is 5.69. The van der Waals surface area contributed by atoms with Crippen molar-refractivity contribution < 1.29 is 14.6 Å². The van der Waals surface area contributed by atoms with Gasteiger partial charge in [0.25, 0.3) is 0 Å². The SMILES string of the molecule is CCOC(CN(C(=O)O)c1ccccc1)c1cccs1. The van der Waals surface area contributed by atoms with Crippen molar-refractivity contribution >= 4 is 23.1 Å². The number of carboxylic acid groups (broad SMARTS) is 1. The van der Waals surface area contributed by atoms with Crippen LogP contribution in [0.5, 0.6) is 0 Å². The molecular weight excluding hydrogens is 274 g/mol. The second kappa shape index (κ2) is 7.07. The number of thiophene rings is 1. The normalized spacial score (nSPS) is 12.1. The van der Waals surface area contributed by atoms with E-state index in [1.165, 1.54) is 4.90 Å². The van der Waals surface area contributed by atoms with E-state index in [9.17, 15) is 9.90 Å². The van der Waals surface area contributed by atoms with Crippen LogP contribution in [0.15, 0.2) is 47.8 Å². The van der Waals surface area contributed by atoms with Crippen LogP contribution in [-0.2, 0) is 4.74 Å². The van der Waals surface area contributed by atoms with Crippen molar-refractivity contribution in [3.8, 4) is 0 Å². The van der Waals surface area contributed by atoms with Crippen molar-refractivity contribution in [2.75, 3.05) is 18.1 Å². The molecule has 20 heavy (non-hydrogen) atoms. The molecule has 106 valence electrons. The molecule has 0 radical (unpaired) electrons. The maximum Gasteiger partial charge on any atom is 0.411 e. The lowest BCUT2D eigenvalue weighted by atomic mass is 10.2. The van der Waals surface area contributed by atoms with Crippen molar-refractivity contribution in [1.82, 2.24) is 0 Å². The molecule has 2 aromatic rings. The highest BCUT2D eigenvalue weighted by molar-refractivity contribution is 7.10. The average Bonchev–Trinajstić information content (AvgIpc) is 2.98. The highest BCUT2D eigenvalue weighted by Gasteiger charge is 2.22. The van der Waals surface area contributed by atoms with Crippen LogP contribution < -0.4 is 4.90 Å². The van der Waals surface area contributed by atoms with Gasteiger partial charge in [-0.05, 0) is 30.5 Å². The molecule has 4 nitrogen and oxygen atoms in total. The van der Waals surface area contributed by atoms with Crippen LogP contribution in [0.1, 0.15) is 17.9 Å². The Morgan fingerprint density at radius 2 is 2.05 bits per heavy atom. The Balaban J connectivity index is 2.20. The first kappa shape index (κ1) is 14.6. The Hall–Kier alpha value is -1.85. The van der Waals surface area contributed by atoms with Gasteiger partial charge in [0, 0.05) is 17.2 Å². The van der Waals surface area contributed by atoms with E-state index in [-0.39, 0.29) is 12.6 Å². The van der Waals surface area contributed by atoms with Gasteiger partial charge in [0.2, 0.25) is 0 Å². The molecule has 0 bridgehead atoms. The number of carbonyl (C=O) groups is 1. The van der Waals surface area contributed by atoms with Crippen LogP contribution >= 0.6 is 11.3 Å². The van der Waals surface area contributed by atoms with Crippen LogP contribution in [0.2, 0.25) is 0 Å². The quantitative estimate of drug-likeness (QED) is 0.874. The Morgan fingerprint density at radius 3 is 2.60 bits per heavy atom. The largest absolute Gasteiger partial charge is 0.465 e. The van der Waals surface area contributed by atoms with E-state index >= 15 is 0 Å². The second-order valence-corrected chi connectivity index (χ2v) is 5.17. The molecule has 1 unspecified atom stereocenters. The van der Waals surface area contributed by atoms with E-state index in [0.29, 0.717) is 12.3 Å². The topological polar surface area (TPSA) is 49.8 Å². The monoisotopic (exact) mass is 291 g/mol. The fraction of sp³-hybridized carbons (Fsp3) is 0.267. The zero-order valence-corrected chi connectivity index (χ0v) is 12.0. The van der Waals surface area contributed by atoms with Gasteiger partial charge in [0.1, 0.15) is 6.10 Å². The van der Waals surface area contributed by atoms with Crippen molar-refractivity contribution in [3.63, 3.8) is 0 Å². The zero-order chi connectivity index (χ0) is 14.4. The van der Waals surface area contributed by atoms with E-state index in [2.05, 4.69) is 0 Å². The maximum atomic E-state index is 11.5. The van der Waals surface area contributed by atoms with E-state index in [0.717, 1.165) is 4.88 Å². The lowest BCUT2D eigenvalue weighted by Crippen LogP contribution is -2.34. The third-order valence-corrected chi connectivity index (χ3v) is 3.84. The number of hydrogen-bond acceptors (Lipinski definition) is 3. The minimum Gasteiger partial charge on any atom is -0.465 e. The fourth-order valence-electron chi connectivity index (χ4n) is 1.97. The summed E-state index contributed by atoms with van der Waals surface area (Å²) >= 11 is 1.58. The first-order valence-corrected chi connectivity index (χ1v) is 7.31. The van der Waals surface area contributed by atoms with Crippen LogP contribution in [0.25, 0.3) is 0 Å². The van der Waals surface area contributed by atoms with Gasteiger partial charge in [-0.3, -0.25) is 4.90 Å². The third-order valence-electron chi connectivity index (χ3n) is 2.88. The summed E-state index contributed by atoms with van der Waals surface area (Å²) in [4.78, 5) is 13.8. The average molecular weight is 291 g/mol. The molecule has 1 N–H and O–H groups in total. The number of ether oxygens (including phenoxy) is 1. The third kappa shape index (κ3) is 3.59. The lowest BCUT2D eigenvalue weighted by Gasteiger charge is -2.24. The van der Waals surface area contributed by atoms with E-state index in [1.54, 1.807) is 23.5 Å².